The second-order valence-corrected chi connectivity index (χ2v) is 14.0. The summed E-state index contributed by atoms with van der Waals surface area (Å²) in [6, 6.07) is 16.1. The number of amides is 4. The van der Waals surface area contributed by atoms with Gasteiger partial charge in [0.25, 0.3) is 23.6 Å². The molecule has 6 rings (SSSR count). The smallest absolute Gasteiger partial charge is 0.496 e. The van der Waals surface area contributed by atoms with Gasteiger partial charge in [0, 0.05) is 34.3 Å². The van der Waals surface area contributed by atoms with Crippen LogP contribution in [0.3, 0.4) is 0 Å². The van der Waals surface area contributed by atoms with Crippen molar-refractivity contribution in [3.63, 3.8) is 0 Å². The van der Waals surface area contributed by atoms with Gasteiger partial charge < -0.3 is 55.3 Å². The van der Waals surface area contributed by atoms with E-state index < -0.39 is 59.2 Å². The van der Waals surface area contributed by atoms with Crippen LogP contribution in [0.5, 0.6) is 51.7 Å². The lowest BCUT2D eigenvalue weighted by Crippen LogP contribution is -2.17. The van der Waals surface area contributed by atoms with E-state index in [4.69, 9.17) is 58.4 Å². The molecule has 2 aromatic heterocycles. The summed E-state index contributed by atoms with van der Waals surface area (Å²) in [5, 5.41) is 4.99. The van der Waals surface area contributed by atoms with Crippen molar-refractivity contribution in [2.75, 3.05) is 32.0 Å². The highest BCUT2D eigenvalue weighted by molar-refractivity contribution is 6.31. The fourth-order valence-corrected chi connectivity index (χ4v) is 5.98. The summed E-state index contributed by atoms with van der Waals surface area (Å²) in [4.78, 5) is 55.8. The first-order chi connectivity index (χ1) is 32.5. The van der Waals surface area contributed by atoms with E-state index in [1.54, 1.807) is 0 Å². The summed E-state index contributed by atoms with van der Waals surface area (Å²) < 4.78 is 124. The van der Waals surface area contributed by atoms with E-state index in [0.29, 0.717) is 0 Å². The number of aromatic nitrogens is 2. The van der Waals surface area contributed by atoms with Crippen LogP contribution in [0, 0.1) is 5.82 Å². The number of benzene rings is 4. The zero-order valence-corrected chi connectivity index (χ0v) is 36.7. The molecular formula is C43H31Cl2F7N6O11. The minimum Gasteiger partial charge on any atom is -0.496 e. The molecule has 0 aliphatic rings. The normalized spacial score (nSPS) is 11.0. The number of carbonyl (C=O) groups is 4. The van der Waals surface area contributed by atoms with Crippen LogP contribution in [0.25, 0.3) is 0 Å². The Morgan fingerprint density at radius 1 is 0.522 bits per heavy atom. The molecule has 0 saturated heterocycles. The summed E-state index contributed by atoms with van der Waals surface area (Å²) in [5.41, 5.74) is 9.90. The molecule has 0 aliphatic heterocycles. The number of hydrogen-bond acceptors (Lipinski definition) is 13. The summed E-state index contributed by atoms with van der Waals surface area (Å²) in [6.07, 6.45) is -7.47. The van der Waals surface area contributed by atoms with Crippen molar-refractivity contribution in [2.45, 2.75) is 12.7 Å². The second-order valence-electron chi connectivity index (χ2n) is 13.2. The van der Waals surface area contributed by atoms with Crippen LogP contribution in [0.1, 0.15) is 41.7 Å². The van der Waals surface area contributed by atoms with E-state index in [0.717, 1.165) is 55.8 Å². The van der Waals surface area contributed by atoms with Gasteiger partial charge in [-0.05, 0) is 60.7 Å². The van der Waals surface area contributed by atoms with Crippen molar-refractivity contribution in [1.82, 2.24) is 9.97 Å². The molecule has 0 radical (unpaired) electrons. The number of nitrogens with zero attached hydrogens (tertiary/aromatic N) is 2. The predicted octanol–water partition coefficient (Wildman–Crippen LogP) is 9.72. The number of methoxy groups -OCH3 is 3. The number of rotatable bonds is 15. The van der Waals surface area contributed by atoms with Crippen LogP contribution in [-0.2, 0) is 0 Å². The zero-order chi connectivity index (χ0) is 50.8. The third-order valence-corrected chi connectivity index (χ3v) is 8.88. The van der Waals surface area contributed by atoms with Crippen LogP contribution < -0.4 is 55.3 Å². The number of hydrogen-bond donors (Lipinski definition) is 4. The van der Waals surface area contributed by atoms with Gasteiger partial charge in [0.15, 0.2) is 23.0 Å². The summed E-state index contributed by atoms with van der Waals surface area (Å²) in [7, 11) is 3.68. The Morgan fingerprint density at radius 2 is 0.913 bits per heavy atom. The Bertz CT molecular complexity index is 2880. The molecule has 4 aromatic carbocycles. The van der Waals surface area contributed by atoms with E-state index in [-0.39, 0.29) is 78.6 Å². The number of ether oxygens (including phenoxy) is 7. The number of alkyl halides is 6. The standard InChI is InChI=1S/C22H17ClF3N3O6.C21H14ClF4N3O5/c1-32-16-9-13(35-22(24,25)26)4-6-15(16)34-18-8-11(23)7-17(33-2)19(18)21(31)29-12-3-5-14(20(27)30)28-10-12;1-32-16-8-12(34-21(24,25)26)3-5-15(16)33-17-7-10(22)6-13(23)18(17)20(31)29-11-2-4-14(19(27)30)28-9-11/h3-10H,1-2H3,(H2,27,30)(H,29,31);2-9H,1H3,(H2,27,30)(H,29,31). The number of anilines is 2. The number of nitrogens with two attached hydrogens (primary N) is 2. The number of nitrogens with one attached hydrogen (secondary N) is 2. The van der Waals surface area contributed by atoms with Gasteiger partial charge in [0.05, 0.1) is 45.1 Å². The average Bonchev–Trinajstić information content (AvgIpc) is 3.26. The third-order valence-electron chi connectivity index (χ3n) is 8.45. The Labute approximate surface area is 393 Å². The second kappa shape index (κ2) is 22.0. The Morgan fingerprint density at radius 3 is 1.29 bits per heavy atom. The molecule has 362 valence electrons. The molecule has 0 spiro atoms. The molecule has 69 heavy (non-hydrogen) atoms. The molecule has 6 N–H and O–H groups in total. The van der Waals surface area contributed by atoms with Crippen molar-refractivity contribution in [3.8, 4) is 51.7 Å². The fraction of sp³-hybridized carbons (Fsp3) is 0.116. The van der Waals surface area contributed by atoms with E-state index in [1.807, 2.05) is 0 Å². The van der Waals surface area contributed by atoms with Gasteiger partial charge in [-0.3, -0.25) is 19.2 Å². The molecule has 2 heterocycles. The van der Waals surface area contributed by atoms with Crippen LogP contribution in [0.15, 0.2) is 97.3 Å². The molecule has 0 aliphatic carbocycles. The monoisotopic (exact) mass is 1010 g/mol. The average molecular weight is 1010 g/mol. The van der Waals surface area contributed by atoms with Crippen molar-refractivity contribution < 1.29 is 83.1 Å². The van der Waals surface area contributed by atoms with Gasteiger partial charge in [0.2, 0.25) is 0 Å². The van der Waals surface area contributed by atoms with E-state index in [2.05, 4.69) is 30.1 Å². The first-order valence-corrected chi connectivity index (χ1v) is 19.5. The van der Waals surface area contributed by atoms with Gasteiger partial charge in [-0.1, -0.05) is 23.2 Å². The van der Waals surface area contributed by atoms with Gasteiger partial charge in [0.1, 0.15) is 57.1 Å². The highest BCUT2D eigenvalue weighted by Gasteiger charge is 2.33. The molecule has 0 bridgehead atoms. The molecule has 0 unspecified atom stereocenters. The first kappa shape index (κ1) is 51.7. The van der Waals surface area contributed by atoms with E-state index in [9.17, 15) is 49.9 Å². The van der Waals surface area contributed by atoms with Crippen molar-refractivity contribution in [1.29, 1.82) is 0 Å². The highest BCUT2D eigenvalue weighted by Crippen LogP contribution is 2.42. The molecule has 6 aromatic rings. The minimum absolute atomic E-state index is 0.00105. The molecular weight excluding hydrogens is 980 g/mol. The van der Waals surface area contributed by atoms with E-state index in [1.165, 1.54) is 62.9 Å². The van der Waals surface area contributed by atoms with E-state index >= 15 is 0 Å². The SMILES string of the molecule is COc1cc(OC(F)(F)F)ccc1Oc1cc(Cl)cc(F)c1C(=O)Nc1ccc(C(N)=O)nc1.COc1cc(OC(F)(F)F)ccc1Oc1cc(Cl)cc(OC)c1C(=O)Nc1ccc(C(N)=O)nc1. The molecule has 0 fully saturated rings. The summed E-state index contributed by atoms with van der Waals surface area (Å²) >= 11 is 12.0. The quantitative estimate of drug-likeness (QED) is 0.0702. The molecule has 0 saturated carbocycles. The van der Waals surface area contributed by atoms with Crippen molar-refractivity contribution >= 4 is 58.2 Å². The van der Waals surface area contributed by atoms with Crippen LogP contribution in [0.4, 0.5) is 42.1 Å². The number of halogens is 9. The number of carbonyl (C=O) groups excluding carboxylic acids is 4. The maximum atomic E-state index is 14.7. The molecule has 0 atom stereocenters. The Kier molecular flexibility index (Phi) is 16.5. The minimum atomic E-state index is -4.93. The zero-order valence-electron chi connectivity index (χ0n) is 35.2. The lowest BCUT2D eigenvalue weighted by molar-refractivity contribution is -0.275. The van der Waals surface area contributed by atoms with Crippen LogP contribution in [-0.4, -0.2) is 67.7 Å². The Hall–Kier alpha value is -8.25. The topological polar surface area (TPSA) is 235 Å². The molecule has 17 nitrogen and oxygen atoms in total. The van der Waals surface area contributed by atoms with Gasteiger partial charge in [-0.2, -0.15) is 0 Å². The number of pyridine rings is 2. The van der Waals surface area contributed by atoms with Crippen LogP contribution in [0.2, 0.25) is 10.0 Å². The number of primary amides is 2. The molecule has 26 heteroatoms. The molecule has 4 amide bonds. The highest BCUT2D eigenvalue weighted by atomic mass is 35.5. The van der Waals surface area contributed by atoms with Gasteiger partial charge in [-0.25, -0.2) is 14.4 Å². The first-order valence-electron chi connectivity index (χ1n) is 18.7. The third kappa shape index (κ3) is 14.4. The van der Waals surface area contributed by atoms with Gasteiger partial charge >= 0.3 is 12.7 Å². The predicted molar refractivity (Wildman–Crippen MR) is 230 cm³/mol. The summed E-state index contributed by atoms with van der Waals surface area (Å²) in [5.74, 6) is -6.22. The van der Waals surface area contributed by atoms with Crippen molar-refractivity contribution in [3.05, 3.63) is 136 Å². The van der Waals surface area contributed by atoms with Crippen LogP contribution >= 0.6 is 23.2 Å². The largest absolute Gasteiger partial charge is 0.573 e. The maximum Gasteiger partial charge on any atom is 0.573 e. The van der Waals surface area contributed by atoms with Gasteiger partial charge in [-0.15, -0.1) is 26.3 Å². The summed E-state index contributed by atoms with van der Waals surface area (Å²) in [6.45, 7) is 0. The lowest BCUT2D eigenvalue weighted by Gasteiger charge is -2.17. The Balaban J connectivity index is 0.000000258. The lowest BCUT2D eigenvalue weighted by atomic mass is 10.1. The van der Waals surface area contributed by atoms with Crippen molar-refractivity contribution in [2.24, 2.45) is 11.5 Å². The fourth-order valence-electron chi connectivity index (χ4n) is 5.58. The maximum absolute atomic E-state index is 14.7.